The fourth-order valence-corrected chi connectivity index (χ4v) is 2.40. The molecule has 0 bridgehead atoms. The maximum Gasteiger partial charge on any atom is 0.488 e. The molecule has 1 fully saturated rings. The van der Waals surface area contributed by atoms with Crippen molar-refractivity contribution in [3.05, 3.63) is 23.8 Å². The van der Waals surface area contributed by atoms with Gasteiger partial charge in [0.1, 0.15) is 0 Å². The van der Waals surface area contributed by atoms with Crippen molar-refractivity contribution >= 4 is 18.3 Å². The molecule has 0 aliphatic carbocycles. The second-order valence-electron chi connectivity index (χ2n) is 5.35. The van der Waals surface area contributed by atoms with Crippen LogP contribution >= 0.6 is 0 Å². The molecule has 1 aliphatic rings. The third-order valence-electron chi connectivity index (χ3n) is 3.71. The van der Waals surface area contributed by atoms with E-state index in [4.69, 9.17) is 10.0 Å². The van der Waals surface area contributed by atoms with Crippen LogP contribution < -0.4 is 10.4 Å². The average Bonchev–Trinajstić information content (AvgIpc) is 2.38. The van der Waals surface area contributed by atoms with E-state index in [2.05, 4.69) is 6.92 Å². The minimum absolute atomic E-state index is 0.131. The largest absolute Gasteiger partial charge is 0.488 e. The molecule has 0 saturated carbocycles. The molecule has 2 N–H and O–H groups in total. The lowest BCUT2D eigenvalue weighted by Gasteiger charge is -2.32. The Hall–Kier alpha value is -1.21. The SMILES string of the molecule is CC1CCN(c2cc(B(O)O)cc(C(F)(F)F)c2)CC1. The summed E-state index contributed by atoms with van der Waals surface area (Å²) in [5.41, 5.74) is -0.583. The van der Waals surface area contributed by atoms with E-state index >= 15 is 0 Å². The Morgan fingerprint density at radius 3 is 2.25 bits per heavy atom. The monoisotopic (exact) mass is 287 g/mol. The highest BCUT2D eigenvalue weighted by atomic mass is 19.4. The van der Waals surface area contributed by atoms with Crippen LogP contribution in [0, 0.1) is 5.92 Å². The number of alkyl halides is 3. The molecule has 1 aromatic rings. The van der Waals surface area contributed by atoms with Gasteiger partial charge >= 0.3 is 13.3 Å². The lowest BCUT2D eigenvalue weighted by Crippen LogP contribution is -2.36. The molecule has 1 aromatic carbocycles. The van der Waals surface area contributed by atoms with Crippen LogP contribution in [-0.2, 0) is 6.18 Å². The van der Waals surface area contributed by atoms with Gasteiger partial charge in [-0.15, -0.1) is 0 Å². The Balaban J connectivity index is 2.34. The zero-order valence-corrected chi connectivity index (χ0v) is 11.2. The van der Waals surface area contributed by atoms with Crippen molar-refractivity contribution in [3.63, 3.8) is 0 Å². The van der Waals surface area contributed by atoms with Gasteiger partial charge in [0.2, 0.25) is 0 Å². The van der Waals surface area contributed by atoms with Gasteiger partial charge in [-0.1, -0.05) is 13.0 Å². The first-order valence-corrected chi connectivity index (χ1v) is 6.60. The highest BCUT2D eigenvalue weighted by Gasteiger charge is 2.33. The zero-order valence-electron chi connectivity index (χ0n) is 11.2. The molecule has 1 saturated heterocycles. The lowest BCUT2D eigenvalue weighted by atomic mass is 9.79. The Kier molecular flexibility index (Phi) is 4.29. The van der Waals surface area contributed by atoms with E-state index in [1.807, 2.05) is 4.90 Å². The van der Waals surface area contributed by atoms with E-state index in [9.17, 15) is 13.2 Å². The van der Waals surface area contributed by atoms with E-state index in [-0.39, 0.29) is 5.46 Å². The van der Waals surface area contributed by atoms with Gasteiger partial charge < -0.3 is 14.9 Å². The molecule has 0 amide bonds. The molecule has 3 nitrogen and oxygen atoms in total. The van der Waals surface area contributed by atoms with E-state index < -0.39 is 18.9 Å². The topological polar surface area (TPSA) is 43.7 Å². The molecule has 1 aliphatic heterocycles. The van der Waals surface area contributed by atoms with Crippen molar-refractivity contribution < 1.29 is 23.2 Å². The smallest absolute Gasteiger partial charge is 0.423 e. The summed E-state index contributed by atoms with van der Waals surface area (Å²) in [5, 5.41) is 18.3. The van der Waals surface area contributed by atoms with Crippen LogP contribution in [0.2, 0.25) is 0 Å². The van der Waals surface area contributed by atoms with Crippen molar-refractivity contribution in [2.24, 2.45) is 5.92 Å². The molecular weight excluding hydrogens is 270 g/mol. The number of nitrogens with zero attached hydrogens (tertiary/aromatic N) is 1. The van der Waals surface area contributed by atoms with Gasteiger partial charge in [-0.2, -0.15) is 13.2 Å². The Morgan fingerprint density at radius 1 is 1.15 bits per heavy atom. The van der Waals surface area contributed by atoms with Gasteiger partial charge in [0.15, 0.2) is 0 Å². The summed E-state index contributed by atoms with van der Waals surface area (Å²) in [4.78, 5) is 1.86. The van der Waals surface area contributed by atoms with Crippen molar-refractivity contribution in [3.8, 4) is 0 Å². The number of rotatable bonds is 2. The fourth-order valence-electron chi connectivity index (χ4n) is 2.40. The van der Waals surface area contributed by atoms with Gasteiger partial charge in [0, 0.05) is 18.8 Å². The van der Waals surface area contributed by atoms with Crippen molar-refractivity contribution in [2.45, 2.75) is 25.9 Å². The van der Waals surface area contributed by atoms with Crippen molar-refractivity contribution in [1.82, 2.24) is 0 Å². The Labute approximate surface area is 116 Å². The van der Waals surface area contributed by atoms with Gasteiger partial charge in [0.05, 0.1) is 5.56 Å². The molecule has 0 unspecified atom stereocenters. The molecule has 1 heterocycles. The maximum absolute atomic E-state index is 12.9. The summed E-state index contributed by atoms with van der Waals surface area (Å²) in [6.45, 7) is 3.49. The third kappa shape index (κ3) is 3.46. The van der Waals surface area contributed by atoms with E-state index in [1.165, 1.54) is 6.07 Å². The molecule has 0 spiro atoms. The number of piperidine rings is 1. The summed E-state index contributed by atoms with van der Waals surface area (Å²) < 4.78 is 38.6. The van der Waals surface area contributed by atoms with Gasteiger partial charge in [-0.25, -0.2) is 0 Å². The zero-order chi connectivity index (χ0) is 14.9. The predicted octanol–water partition coefficient (Wildman–Crippen LogP) is 1.62. The van der Waals surface area contributed by atoms with Crippen LogP contribution in [0.25, 0.3) is 0 Å². The second-order valence-corrected chi connectivity index (χ2v) is 5.35. The Bertz CT molecular complexity index is 471. The average molecular weight is 287 g/mol. The van der Waals surface area contributed by atoms with Crippen molar-refractivity contribution in [2.75, 3.05) is 18.0 Å². The number of anilines is 1. The Morgan fingerprint density at radius 2 is 1.75 bits per heavy atom. The summed E-state index contributed by atoms with van der Waals surface area (Å²) in [5.74, 6) is 0.569. The molecule has 7 heteroatoms. The number of halogens is 3. The van der Waals surface area contributed by atoms with E-state index in [0.29, 0.717) is 24.7 Å². The highest BCUT2D eigenvalue weighted by molar-refractivity contribution is 6.58. The third-order valence-corrected chi connectivity index (χ3v) is 3.71. The van der Waals surface area contributed by atoms with Crippen molar-refractivity contribution in [1.29, 1.82) is 0 Å². The van der Waals surface area contributed by atoms with Crippen LogP contribution in [0.5, 0.6) is 0 Å². The molecular formula is C13H17BF3NO2. The van der Waals surface area contributed by atoms with Crippen LogP contribution in [-0.4, -0.2) is 30.3 Å². The first kappa shape index (κ1) is 15.2. The first-order valence-electron chi connectivity index (χ1n) is 6.60. The summed E-state index contributed by atoms with van der Waals surface area (Å²) in [6.07, 6.45) is -2.65. The minimum Gasteiger partial charge on any atom is -0.423 e. The quantitative estimate of drug-likeness (QED) is 0.812. The predicted molar refractivity (Wildman–Crippen MR) is 71.9 cm³/mol. The van der Waals surface area contributed by atoms with E-state index in [0.717, 1.165) is 25.0 Å². The van der Waals surface area contributed by atoms with Crippen LogP contribution in [0.15, 0.2) is 18.2 Å². The van der Waals surface area contributed by atoms with E-state index in [1.54, 1.807) is 0 Å². The minimum atomic E-state index is -4.50. The molecule has 0 aromatic heterocycles. The normalized spacial score (nSPS) is 17.4. The molecule has 0 atom stereocenters. The number of hydrogen-bond acceptors (Lipinski definition) is 3. The molecule has 110 valence electrons. The summed E-state index contributed by atoms with van der Waals surface area (Å²) >= 11 is 0. The van der Waals surface area contributed by atoms with Crippen LogP contribution in [0.3, 0.4) is 0 Å². The second kappa shape index (κ2) is 5.65. The van der Waals surface area contributed by atoms with Gasteiger partial charge in [0.25, 0.3) is 0 Å². The number of hydrogen-bond donors (Lipinski definition) is 2. The first-order chi connectivity index (χ1) is 9.27. The van der Waals surface area contributed by atoms with Crippen LogP contribution in [0.4, 0.5) is 18.9 Å². The lowest BCUT2D eigenvalue weighted by molar-refractivity contribution is -0.137. The highest BCUT2D eigenvalue weighted by Crippen LogP contribution is 2.32. The fraction of sp³-hybridized carbons (Fsp3) is 0.538. The molecule has 0 radical (unpaired) electrons. The molecule has 2 rings (SSSR count). The standard InChI is InChI=1S/C13H17BF3NO2/c1-9-2-4-18(5-3-9)12-7-10(13(15,16)17)6-11(8-12)14(19)20/h6-9,19-20H,2-5H2,1H3. The maximum atomic E-state index is 12.9. The van der Waals surface area contributed by atoms with Gasteiger partial charge in [-0.05, 0) is 36.4 Å². The van der Waals surface area contributed by atoms with Gasteiger partial charge in [-0.3, -0.25) is 0 Å². The van der Waals surface area contributed by atoms with Crippen LogP contribution in [0.1, 0.15) is 25.3 Å². The molecule has 20 heavy (non-hydrogen) atoms. The summed E-state index contributed by atoms with van der Waals surface area (Å²) in [7, 11) is -1.90. The number of benzene rings is 1. The summed E-state index contributed by atoms with van der Waals surface area (Å²) in [6, 6.07) is 3.26.